The third kappa shape index (κ3) is 4.35. The molecule has 2 aromatic carbocycles. The molecule has 1 heterocycles. The second-order valence-electron chi connectivity index (χ2n) is 6.03. The number of aliphatic imine (C=N–C) groups is 1. The number of ether oxygens (including phenoxy) is 1. The average molecular weight is 421 g/mol. The molecule has 144 valence electrons. The first kappa shape index (κ1) is 19.9. The standard InChI is InChI=1S/C19H15Cl2FN4O2/c1-2-15-19(27)26-25-16(24-15)7-11-3-4-14(21)18(17(11)22)28-13-6-10(9-23)5-12(20)8-13/h3-6,8,15H,2,7H2,1H3,(H,24,25)(H,26,27). The van der Waals surface area contributed by atoms with Crippen molar-refractivity contribution in [3.05, 3.63) is 57.3 Å². The zero-order valence-electron chi connectivity index (χ0n) is 14.7. The lowest BCUT2D eigenvalue weighted by atomic mass is 10.1. The highest BCUT2D eigenvalue weighted by atomic mass is 35.5. The van der Waals surface area contributed by atoms with Crippen LogP contribution >= 0.6 is 23.2 Å². The van der Waals surface area contributed by atoms with Gasteiger partial charge in [-0.15, -0.1) is 0 Å². The summed E-state index contributed by atoms with van der Waals surface area (Å²) in [4.78, 5) is 15.9. The molecule has 0 radical (unpaired) electrons. The van der Waals surface area contributed by atoms with Crippen LogP contribution in [-0.4, -0.2) is 17.8 Å². The SMILES string of the molecule is CCC1N=C(Cc2ccc(Cl)c(Oc3cc(Cl)cc(C#N)c3)c2F)NNC1=O. The highest BCUT2D eigenvalue weighted by molar-refractivity contribution is 6.32. The molecule has 3 rings (SSSR count). The molecule has 1 amide bonds. The molecular formula is C19H15Cl2FN4O2. The van der Waals surface area contributed by atoms with Gasteiger partial charge in [-0.2, -0.15) is 5.26 Å². The molecule has 0 aromatic heterocycles. The lowest BCUT2D eigenvalue weighted by Gasteiger charge is -2.21. The molecule has 0 saturated carbocycles. The van der Waals surface area contributed by atoms with E-state index in [2.05, 4.69) is 15.8 Å². The van der Waals surface area contributed by atoms with E-state index in [1.807, 2.05) is 13.0 Å². The molecule has 0 bridgehead atoms. The quantitative estimate of drug-likeness (QED) is 0.760. The van der Waals surface area contributed by atoms with Gasteiger partial charge in [-0.25, -0.2) is 4.39 Å². The van der Waals surface area contributed by atoms with Crippen molar-refractivity contribution in [2.24, 2.45) is 4.99 Å². The lowest BCUT2D eigenvalue weighted by Crippen LogP contribution is -2.51. The van der Waals surface area contributed by atoms with Gasteiger partial charge in [-0.05, 0) is 36.2 Å². The van der Waals surface area contributed by atoms with E-state index >= 15 is 4.39 Å². The van der Waals surface area contributed by atoms with E-state index in [0.29, 0.717) is 12.3 Å². The summed E-state index contributed by atoms with van der Waals surface area (Å²) in [7, 11) is 0. The number of rotatable bonds is 5. The Morgan fingerprint density at radius 3 is 2.79 bits per heavy atom. The number of amidine groups is 1. The predicted octanol–water partition coefficient (Wildman–Crippen LogP) is 4.15. The number of carbonyl (C=O) groups is 1. The fraction of sp³-hybridized carbons (Fsp3) is 0.211. The molecule has 1 unspecified atom stereocenters. The van der Waals surface area contributed by atoms with Gasteiger partial charge in [0.15, 0.2) is 11.6 Å². The number of halogens is 3. The predicted molar refractivity (Wildman–Crippen MR) is 104 cm³/mol. The van der Waals surface area contributed by atoms with Gasteiger partial charge in [0.2, 0.25) is 0 Å². The van der Waals surface area contributed by atoms with Crippen LogP contribution in [0.25, 0.3) is 0 Å². The topological polar surface area (TPSA) is 86.5 Å². The third-order valence-corrected chi connectivity index (χ3v) is 4.55. The summed E-state index contributed by atoms with van der Waals surface area (Å²) in [5, 5.41) is 9.38. The van der Waals surface area contributed by atoms with Gasteiger partial charge in [-0.3, -0.25) is 20.6 Å². The molecule has 1 atom stereocenters. The fourth-order valence-electron chi connectivity index (χ4n) is 2.65. The normalized spacial score (nSPS) is 15.9. The van der Waals surface area contributed by atoms with E-state index in [-0.39, 0.29) is 45.0 Å². The average Bonchev–Trinajstić information content (AvgIpc) is 2.68. The maximum atomic E-state index is 15.0. The minimum Gasteiger partial charge on any atom is -0.453 e. The van der Waals surface area contributed by atoms with Gasteiger partial charge in [0.1, 0.15) is 17.6 Å². The summed E-state index contributed by atoms with van der Waals surface area (Å²) < 4.78 is 20.6. The van der Waals surface area contributed by atoms with Crippen LogP contribution in [0, 0.1) is 17.1 Å². The number of hydrogen-bond donors (Lipinski definition) is 2. The molecule has 9 heteroatoms. The largest absolute Gasteiger partial charge is 0.453 e. The monoisotopic (exact) mass is 420 g/mol. The van der Waals surface area contributed by atoms with Gasteiger partial charge >= 0.3 is 0 Å². The van der Waals surface area contributed by atoms with Crippen molar-refractivity contribution in [1.82, 2.24) is 10.9 Å². The van der Waals surface area contributed by atoms with Crippen LogP contribution in [0.5, 0.6) is 11.5 Å². The molecular weight excluding hydrogens is 406 g/mol. The summed E-state index contributed by atoms with van der Waals surface area (Å²) in [6.07, 6.45) is 0.638. The Balaban J connectivity index is 1.90. The Morgan fingerprint density at radius 2 is 2.07 bits per heavy atom. The van der Waals surface area contributed by atoms with Crippen molar-refractivity contribution in [3.8, 4) is 17.6 Å². The van der Waals surface area contributed by atoms with Crippen LogP contribution in [0.2, 0.25) is 10.0 Å². The van der Waals surface area contributed by atoms with E-state index < -0.39 is 11.9 Å². The first-order chi connectivity index (χ1) is 13.4. The van der Waals surface area contributed by atoms with Crippen molar-refractivity contribution >= 4 is 34.9 Å². The first-order valence-electron chi connectivity index (χ1n) is 8.39. The van der Waals surface area contributed by atoms with Gasteiger partial charge in [0.05, 0.1) is 16.7 Å². The molecule has 0 saturated heterocycles. The number of hydrazine groups is 1. The Bertz CT molecular complexity index is 1000. The number of nitrogens with zero attached hydrogens (tertiary/aromatic N) is 2. The number of amides is 1. The fourth-order valence-corrected chi connectivity index (χ4v) is 3.06. The summed E-state index contributed by atoms with van der Waals surface area (Å²) >= 11 is 12.1. The zero-order chi connectivity index (χ0) is 20.3. The molecule has 1 aliphatic rings. The number of benzene rings is 2. The summed E-state index contributed by atoms with van der Waals surface area (Å²) in [5.74, 6) is -0.471. The maximum Gasteiger partial charge on any atom is 0.263 e. The second kappa shape index (κ2) is 8.46. The molecule has 2 aromatic rings. The van der Waals surface area contributed by atoms with Gasteiger partial charge in [0, 0.05) is 11.4 Å². The van der Waals surface area contributed by atoms with E-state index in [4.69, 9.17) is 33.2 Å². The number of nitrogens with one attached hydrogen (secondary N) is 2. The maximum absolute atomic E-state index is 15.0. The van der Waals surface area contributed by atoms with Gasteiger partial charge in [0.25, 0.3) is 5.91 Å². The van der Waals surface area contributed by atoms with Crippen LogP contribution < -0.4 is 15.6 Å². The van der Waals surface area contributed by atoms with E-state index in [1.165, 1.54) is 30.3 Å². The Morgan fingerprint density at radius 1 is 1.29 bits per heavy atom. The van der Waals surface area contributed by atoms with Crippen LogP contribution in [0.4, 0.5) is 4.39 Å². The van der Waals surface area contributed by atoms with Crippen molar-refractivity contribution in [2.45, 2.75) is 25.8 Å². The summed E-state index contributed by atoms with van der Waals surface area (Å²) in [6.45, 7) is 1.84. The molecule has 1 aliphatic heterocycles. The van der Waals surface area contributed by atoms with Crippen molar-refractivity contribution in [1.29, 1.82) is 5.26 Å². The Kier molecular flexibility index (Phi) is 6.02. The summed E-state index contributed by atoms with van der Waals surface area (Å²) in [6, 6.07) is 8.82. The van der Waals surface area contributed by atoms with Gasteiger partial charge < -0.3 is 4.74 Å². The first-order valence-corrected chi connectivity index (χ1v) is 9.14. The van der Waals surface area contributed by atoms with E-state index in [0.717, 1.165) is 0 Å². The molecule has 6 nitrogen and oxygen atoms in total. The third-order valence-electron chi connectivity index (χ3n) is 4.04. The van der Waals surface area contributed by atoms with E-state index in [1.54, 1.807) is 0 Å². The summed E-state index contributed by atoms with van der Waals surface area (Å²) in [5.41, 5.74) is 5.74. The Labute approximate surface area is 170 Å². The molecule has 28 heavy (non-hydrogen) atoms. The molecule has 0 fully saturated rings. The van der Waals surface area contributed by atoms with Crippen molar-refractivity contribution in [2.75, 3.05) is 0 Å². The lowest BCUT2D eigenvalue weighted by molar-refractivity contribution is -0.123. The van der Waals surface area contributed by atoms with E-state index in [9.17, 15) is 4.79 Å². The highest BCUT2D eigenvalue weighted by Crippen LogP contribution is 2.35. The van der Waals surface area contributed by atoms with Crippen LogP contribution in [0.15, 0.2) is 35.3 Å². The molecule has 0 aliphatic carbocycles. The number of hydrogen-bond acceptors (Lipinski definition) is 5. The van der Waals surface area contributed by atoms with Crippen LogP contribution in [0.1, 0.15) is 24.5 Å². The zero-order valence-corrected chi connectivity index (χ0v) is 16.2. The van der Waals surface area contributed by atoms with Gasteiger partial charge in [-0.1, -0.05) is 36.2 Å². The highest BCUT2D eigenvalue weighted by Gasteiger charge is 2.23. The minimum absolute atomic E-state index is 0.0676. The molecule has 2 N–H and O–H groups in total. The van der Waals surface area contributed by atoms with Crippen LogP contribution in [0.3, 0.4) is 0 Å². The smallest absolute Gasteiger partial charge is 0.263 e. The number of nitriles is 1. The van der Waals surface area contributed by atoms with Crippen molar-refractivity contribution < 1.29 is 13.9 Å². The second-order valence-corrected chi connectivity index (χ2v) is 6.87. The van der Waals surface area contributed by atoms with Crippen LogP contribution in [-0.2, 0) is 11.2 Å². The number of carbonyl (C=O) groups excluding carboxylic acids is 1. The Hall–Kier alpha value is -2.82. The molecule has 0 spiro atoms. The minimum atomic E-state index is -0.666. The van der Waals surface area contributed by atoms with Crippen molar-refractivity contribution in [3.63, 3.8) is 0 Å².